The maximum atomic E-state index is 13.9. The molecule has 2 unspecified atom stereocenters. The van der Waals surface area contributed by atoms with Crippen molar-refractivity contribution in [2.75, 3.05) is 13.4 Å². The Hall–Kier alpha value is -2.90. The number of rotatable bonds is 5. The molecular weight excluding hydrogens is 395 g/mol. The summed E-state index contributed by atoms with van der Waals surface area (Å²) in [4.78, 5) is 25.3. The van der Waals surface area contributed by atoms with E-state index < -0.39 is 27.9 Å². The zero-order chi connectivity index (χ0) is 21.3. The third-order valence-corrected chi connectivity index (χ3v) is 5.94. The first-order valence-electron chi connectivity index (χ1n) is 8.79. The van der Waals surface area contributed by atoms with E-state index in [-0.39, 0.29) is 21.8 Å². The lowest BCUT2D eigenvalue weighted by Crippen LogP contribution is -2.12. The summed E-state index contributed by atoms with van der Waals surface area (Å²) in [6, 6.07) is 13.2. The molecule has 3 aromatic rings. The molecule has 7 heteroatoms. The van der Waals surface area contributed by atoms with Crippen LogP contribution in [0.5, 0.6) is 0 Å². The highest BCUT2D eigenvalue weighted by molar-refractivity contribution is 7.97. The number of hydrogen-bond donors (Lipinski definition) is 1. The van der Waals surface area contributed by atoms with Gasteiger partial charge in [0.1, 0.15) is 12.1 Å². The van der Waals surface area contributed by atoms with Crippen LogP contribution in [0.15, 0.2) is 59.5 Å². The van der Waals surface area contributed by atoms with Crippen LogP contribution in [0.4, 0.5) is 4.39 Å². The van der Waals surface area contributed by atoms with Crippen LogP contribution in [0.2, 0.25) is 0 Å². The summed E-state index contributed by atoms with van der Waals surface area (Å²) in [7, 11) is -1.86. The molecule has 0 fully saturated rings. The third kappa shape index (κ3) is 4.26. The molecular formula is C22H20FO5S+. The smallest absolute Gasteiger partial charge is 0.312 e. The van der Waals surface area contributed by atoms with Gasteiger partial charge in [-0.3, -0.25) is 9.59 Å². The van der Waals surface area contributed by atoms with Gasteiger partial charge >= 0.3 is 5.97 Å². The molecule has 0 heterocycles. The number of methoxy groups -OCH3 is 1. The largest absolute Gasteiger partial charge is 0.469 e. The van der Waals surface area contributed by atoms with Crippen molar-refractivity contribution >= 4 is 32.7 Å². The SMILES string of the molecule is COC(=O)C(C)c1cc(C(=O)c2ccc([S+](C)(=O)O)cc2)c2cc(F)ccc2c1. The van der Waals surface area contributed by atoms with Crippen LogP contribution < -0.4 is 0 Å². The highest BCUT2D eigenvalue weighted by atomic mass is 32.3. The Balaban J connectivity index is 2.15. The molecule has 2 atom stereocenters. The Morgan fingerprint density at radius 2 is 1.72 bits per heavy atom. The summed E-state index contributed by atoms with van der Waals surface area (Å²) in [5.41, 5.74) is 1.09. The van der Waals surface area contributed by atoms with Gasteiger partial charge in [-0.25, -0.2) is 4.39 Å². The van der Waals surface area contributed by atoms with Crippen LogP contribution >= 0.6 is 0 Å². The van der Waals surface area contributed by atoms with Crippen molar-refractivity contribution in [3.63, 3.8) is 0 Å². The highest BCUT2D eigenvalue weighted by Gasteiger charge is 2.23. The Kier molecular flexibility index (Phi) is 5.64. The molecule has 0 spiro atoms. The van der Waals surface area contributed by atoms with Crippen molar-refractivity contribution in [1.82, 2.24) is 0 Å². The molecule has 0 saturated heterocycles. The molecule has 1 N–H and O–H groups in total. The number of hydrogen-bond acceptors (Lipinski definition) is 4. The van der Waals surface area contributed by atoms with E-state index in [2.05, 4.69) is 0 Å². The fraction of sp³-hybridized carbons (Fsp3) is 0.182. The van der Waals surface area contributed by atoms with Gasteiger partial charge in [0.2, 0.25) is 10.2 Å². The fourth-order valence-corrected chi connectivity index (χ4v) is 3.76. The average Bonchev–Trinajstić information content (AvgIpc) is 2.70. The molecule has 0 radical (unpaired) electrons. The normalized spacial score (nSPS) is 14.2. The summed E-state index contributed by atoms with van der Waals surface area (Å²) < 4.78 is 40.0. The average molecular weight is 415 g/mol. The van der Waals surface area contributed by atoms with Crippen molar-refractivity contribution in [3.8, 4) is 0 Å². The molecule has 150 valence electrons. The van der Waals surface area contributed by atoms with Gasteiger partial charge in [-0.15, -0.1) is 0 Å². The lowest BCUT2D eigenvalue weighted by molar-refractivity contribution is -0.141. The molecule has 0 bridgehead atoms. The summed E-state index contributed by atoms with van der Waals surface area (Å²) in [5.74, 6) is -1.93. The lowest BCUT2D eigenvalue weighted by Gasteiger charge is -2.14. The van der Waals surface area contributed by atoms with E-state index in [1.165, 1.54) is 49.8 Å². The van der Waals surface area contributed by atoms with Gasteiger partial charge in [0, 0.05) is 11.1 Å². The van der Waals surface area contributed by atoms with E-state index in [0.29, 0.717) is 16.3 Å². The lowest BCUT2D eigenvalue weighted by atomic mass is 9.91. The van der Waals surface area contributed by atoms with Crippen molar-refractivity contribution in [1.29, 1.82) is 0 Å². The molecule has 0 aliphatic heterocycles. The summed E-state index contributed by atoms with van der Waals surface area (Å²) in [6.07, 6.45) is 1.19. The van der Waals surface area contributed by atoms with E-state index in [1.807, 2.05) is 0 Å². The second-order valence-electron chi connectivity index (χ2n) is 6.83. The molecule has 0 aromatic heterocycles. The molecule has 0 amide bonds. The molecule has 5 nitrogen and oxygen atoms in total. The molecule has 0 aliphatic carbocycles. The van der Waals surface area contributed by atoms with Crippen molar-refractivity contribution < 1.29 is 27.5 Å². The number of esters is 1. The Morgan fingerprint density at radius 3 is 2.31 bits per heavy atom. The van der Waals surface area contributed by atoms with Crippen molar-refractivity contribution in [2.45, 2.75) is 17.7 Å². The van der Waals surface area contributed by atoms with Crippen molar-refractivity contribution in [2.24, 2.45) is 0 Å². The highest BCUT2D eigenvalue weighted by Crippen LogP contribution is 2.29. The molecule has 0 aliphatic rings. The number of benzene rings is 3. The molecule has 3 rings (SSSR count). The van der Waals surface area contributed by atoms with Gasteiger partial charge < -0.3 is 4.74 Å². The number of ketones is 1. The minimum absolute atomic E-state index is 0.206. The van der Waals surface area contributed by atoms with Crippen LogP contribution in [0.25, 0.3) is 10.8 Å². The van der Waals surface area contributed by atoms with E-state index >= 15 is 0 Å². The first kappa shape index (κ1) is 20.8. The summed E-state index contributed by atoms with van der Waals surface area (Å²) >= 11 is 0. The van der Waals surface area contributed by atoms with Gasteiger partial charge in [-0.2, -0.15) is 4.55 Å². The van der Waals surface area contributed by atoms with Crippen LogP contribution in [0, 0.1) is 5.82 Å². The first-order chi connectivity index (χ1) is 13.6. The van der Waals surface area contributed by atoms with Gasteiger partial charge in [-0.1, -0.05) is 16.3 Å². The Labute approximate surface area is 168 Å². The second-order valence-corrected chi connectivity index (χ2v) is 8.91. The Bertz CT molecular complexity index is 1150. The van der Waals surface area contributed by atoms with Crippen molar-refractivity contribution in [3.05, 3.63) is 77.1 Å². The van der Waals surface area contributed by atoms with Gasteiger partial charge in [0.25, 0.3) is 0 Å². The van der Waals surface area contributed by atoms with E-state index in [9.17, 15) is 22.7 Å². The third-order valence-electron chi connectivity index (χ3n) is 4.79. The van der Waals surface area contributed by atoms with Gasteiger partial charge in [-0.05, 0) is 65.7 Å². The number of fused-ring (bicyclic) bond motifs is 1. The second kappa shape index (κ2) is 7.85. The van der Waals surface area contributed by atoms with Crippen LogP contribution in [-0.4, -0.2) is 29.7 Å². The number of carbonyl (C=O) groups excluding carboxylic acids is 2. The van der Waals surface area contributed by atoms with Crippen LogP contribution in [0.3, 0.4) is 0 Å². The monoisotopic (exact) mass is 415 g/mol. The summed E-state index contributed by atoms with van der Waals surface area (Å²) in [5, 5.41) is 1.04. The maximum Gasteiger partial charge on any atom is 0.312 e. The quantitative estimate of drug-likeness (QED) is 0.378. The summed E-state index contributed by atoms with van der Waals surface area (Å²) in [6.45, 7) is 1.67. The van der Waals surface area contributed by atoms with Crippen LogP contribution in [-0.2, 0) is 24.0 Å². The molecule has 29 heavy (non-hydrogen) atoms. The van der Waals surface area contributed by atoms with E-state index in [1.54, 1.807) is 25.1 Å². The first-order valence-corrected chi connectivity index (χ1v) is 10.7. The number of halogens is 1. The topological polar surface area (TPSA) is 80.7 Å². The standard InChI is InChI=1S/C22H19FO5S/c1-13(22(25)28-2)16-10-15-4-7-17(23)12-19(15)20(11-16)21(24)14-5-8-18(9-6-14)29(3,26)27/h4-13H,1-3H3/p+1. The molecule has 0 saturated carbocycles. The predicted octanol–water partition coefficient (Wildman–Crippen LogP) is 4.45. The molecule has 3 aromatic carbocycles. The zero-order valence-electron chi connectivity index (χ0n) is 16.1. The van der Waals surface area contributed by atoms with E-state index in [4.69, 9.17) is 4.74 Å². The number of carbonyl (C=O) groups is 2. The Morgan fingerprint density at radius 1 is 1.07 bits per heavy atom. The number of ether oxygens (including phenoxy) is 1. The zero-order valence-corrected chi connectivity index (χ0v) is 17.0. The maximum absolute atomic E-state index is 13.9. The fourth-order valence-electron chi connectivity index (χ4n) is 3.12. The van der Waals surface area contributed by atoms with Gasteiger partial charge in [0.15, 0.2) is 10.7 Å². The van der Waals surface area contributed by atoms with Crippen LogP contribution in [0.1, 0.15) is 34.3 Å². The minimum Gasteiger partial charge on any atom is -0.469 e. The predicted molar refractivity (Wildman–Crippen MR) is 109 cm³/mol. The van der Waals surface area contributed by atoms with Gasteiger partial charge in [0.05, 0.1) is 13.0 Å². The van der Waals surface area contributed by atoms with E-state index in [0.717, 1.165) is 0 Å². The minimum atomic E-state index is -3.14.